The van der Waals surface area contributed by atoms with E-state index in [2.05, 4.69) is 6.58 Å². The average molecular weight is 108 g/mol. The van der Waals surface area contributed by atoms with Crippen LogP contribution in [0.3, 0.4) is 0 Å². The Balaban J connectivity index is 3.69. The van der Waals surface area contributed by atoms with Gasteiger partial charge in [-0.05, 0) is 6.08 Å². The van der Waals surface area contributed by atoms with Crippen molar-refractivity contribution in [1.82, 2.24) is 0 Å². The summed E-state index contributed by atoms with van der Waals surface area (Å²) in [5, 5.41) is 13.4. The van der Waals surface area contributed by atoms with Crippen molar-refractivity contribution in [1.29, 1.82) is 10.8 Å². The third-order valence-electron chi connectivity index (χ3n) is 0.567. The molecule has 0 amide bonds. The smallest absolute Gasteiger partial charge is 0.0715 e. The van der Waals surface area contributed by atoms with Crippen LogP contribution >= 0.6 is 0 Å². The van der Waals surface area contributed by atoms with Gasteiger partial charge in [-0.2, -0.15) is 0 Å². The first kappa shape index (κ1) is 6.82. The maximum absolute atomic E-state index is 6.86. The highest BCUT2D eigenvalue weighted by Gasteiger charge is 1.75. The van der Waals surface area contributed by atoms with Gasteiger partial charge in [0, 0.05) is 6.21 Å². The molecule has 0 bridgehead atoms. The molecule has 0 heterocycles. The molecule has 0 unspecified atom stereocenters. The number of rotatable bonds is 3. The van der Waals surface area contributed by atoms with Crippen LogP contribution in [0.2, 0.25) is 0 Å². The largest absolute Gasteiger partial charge is 0.307 e. The van der Waals surface area contributed by atoms with Crippen LogP contribution < -0.4 is 0 Å². The van der Waals surface area contributed by atoms with Gasteiger partial charge in [-0.3, -0.25) is 5.41 Å². The van der Waals surface area contributed by atoms with E-state index in [9.17, 15) is 0 Å². The second-order valence-corrected chi connectivity index (χ2v) is 1.19. The van der Waals surface area contributed by atoms with Crippen molar-refractivity contribution in [2.75, 3.05) is 0 Å². The lowest BCUT2D eigenvalue weighted by atomic mass is 10.3. The monoisotopic (exact) mass is 108 g/mol. The van der Waals surface area contributed by atoms with E-state index in [0.717, 1.165) is 6.21 Å². The lowest BCUT2D eigenvalue weighted by Crippen LogP contribution is -1.87. The van der Waals surface area contributed by atoms with Gasteiger partial charge in [0.25, 0.3) is 0 Å². The topological polar surface area (TPSA) is 47.7 Å². The highest BCUT2D eigenvalue weighted by molar-refractivity contribution is 6.33. The highest BCUT2D eigenvalue weighted by Crippen LogP contribution is 1.72. The lowest BCUT2D eigenvalue weighted by Gasteiger charge is -1.77. The average Bonchev–Trinajstić information content (AvgIpc) is 1.83. The summed E-state index contributed by atoms with van der Waals surface area (Å²) in [7, 11) is 0. The fourth-order valence-corrected chi connectivity index (χ4v) is 0.220. The summed E-state index contributed by atoms with van der Waals surface area (Å²) < 4.78 is 0. The molecule has 0 saturated heterocycles. The Morgan fingerprint density at radius 3 is 2.50 bits per heavy atom. The van der Waals surface area contributed by atoms with E-state index in [0.29, 0.717) is 0 Å². The summed E-state index contributed by atoms with van der Waals surface area (Å²) in [6.45, 7) is 3.41. The molecule has 8 heavy (non-hydrogen) atoms. The van der Waals surface area contributed by atoms with Crippen molar-refractivity contribution < 1.29 is 0 Å². The van der Waals surface area contributed by atoms with Gasteiger partial charge in [0.2, 0.25) is 0 Å². The maximum Gasteiger partial charge on any atom is 0.0715 e. The van der Waals surface area contributed by atoms with Gasteiger partial charge in [0.15, 0.2) is 0 Å². The molecule has 0 spiro atoms. The molecule has 0 saturated carbocycles. The van der Waals surface area contributed by atoms with Gasteiger partial charge < -0.3 is 5.41 Å². The van der Waals surface area contributed by atoms with Crippen molar-refractivity contribution in [3.05, 3.63) is 24.8 Å². The Morgan fingerprint density at radius 2 is 2.12 bits per heavy atom. The molecule has 0 aromatic carbocycles. The van der Waals surface area contributed by atoms with Crippen molar-refractivity contribution >= 4 is 11.9 Å². The zero-order chi connectivity index (χ0) is 6.41. The number of hydrogen-bond acceptors (Lipinski definition) is 2. The number of allylic oxidation sites excluding steroid dienone is 3. The normalized spacial score (nSPS) is 9.00. The summed E-state index contributed by atoms with van der Waals surface area (Å²) >= 11 is 0. The maximum atomic E-state index is 6.86. The van der Waals surface area contributed by atoms with E-state index in [1.54, 1.807) is 12.2 Å². The molecule has 0 aliphatic carbocycles. The Bertz CT molecular complexity index is 133. The van der Waals surface area contributed by atoms with Gasteiger partial charge in [-0.15, -0.1) is 0 Å². The highest BCUT2D eigenvalue weighted by atomic mass is 14.4. The zero-order valence-corrected chi connectivity index (χ0v) is 4.52. The van der Waals surface area contributed by atoms with Crippen molar-refractivity contribution in [3.8, 4) is 0 Å². The summed E-state index contributed by atoms with van der Waals surface area (Å²) in [5.74, 6) is 0. The predicted molar refractivity (Wildman–Crippen MR) is 35.8 cm³/mol. The van der Waals surface area contributed by atoms with Gasteiger partial charge in [-0.1, -0.05) is 18.7 Å². The van der Waals surface area contributed by atoms with E-state index in [1.165, 1.54) is 6.08 Å². The predicted octanol–water partition coefficient (Wildman–Crippen LogP) is 1.40. The first-order valence-electron chi connectivity index (χ1n) is 2.19. The SMILES string of the molecule is C=C/C=C\C(=N)C=N. The fourth-order valence-electron chi connectivity index (χ4n) is 0.220. The Labute approximate surface area is 48.6 Å². The fraction of sp³-hybridized carbons (Fsp3) is 0. The molecule has 0 atom stereocenters. The zero-order valence-electron chi connectivity index (χ0n) is 4.52. The summed E-state index contributed by atoms with van der Waals surface area (Å²) in [6, 6.07) is 0. The van der Waals surface area contributed by atoms with E-state index < -0.39 is 0 Å². The molecule has 0 aliphatic rings. The molecular formula is C6H8N2. The minimum absolute atomic E-state index is 0.185. The summed E-state index contributed by atoms with van der Waals surface area (Å²) in [4.78, 5) is 0. The lowest BCUT2D eigenvalue weighted by molar-refractivity contribution is 1.52. The van der Waals surface area contributed by atoms with E-state index in [1.807, 2.05) is 0 Å². The van der Waals surface area contributed by atoms with Crippen molar-refractivity contribution in [2.45, 2.75) is 0 Å². The van der Waals surface area contributed by atoms with E-state index in [4.69, 9.17) is 10.8 Å². The number of hydrogen-bond donors (Lipinski definition) is 2. The number of nitrogens with one attached hydrogen (secondary N) is 2. The molecular weight excluding hydrogens is 100 g/mol. The quantitative estimate of drug-likeness (QED) is 0.405. The summed E-state index contributed by atoms with van der Waals surface area (Å²) in [6.07, 6.45) is 5.66. The molecule has 0 aliphatic heterocycles. The first-order valence-corrected chi connectivity index (χ1v) is 2.19. The van der Waals surface area contributed by atoms with Gasteiger partial charge in [0.05, 0.1) is 5.71 Å². The molecule has 0 aromatic rings. The Hall–Kier alpha value is -1.18. The Kier molecular flexibility index (Phi) is 3.40. The van der Waals surface area contributed by atoms with Crippen LogP contribution in [0, 0.1) is 10.8 Å². The first-order chi connectivity index (χ1) is 3.81. The molecule has 0 aromatic heterocycles. The van der Waals surface area contributed by atoms with Crippen LogP contribution in [0.5, 0.6) is 0 Å². The van der Waals surface area contributed by atoms with E-state index in [-0.39, 0.29) is 5.71 Å². The van der Waals surface area contributed by atoms with Crippen molar-refractivity contribution in [2.24, 2.45) is 0 Å². The van der Waals surface area contributed by atoms with Crippen LogP contribution in [0.15, 0.2) is 24.8 Å². The van der Waals surface area contributed by atoms with Crippen LogP contribution in [0.4, 0.5) is 0 Å². The molecule has 0 radical (unpaired) electrons. The minimum Gasteiger partial charge on any atom is -0.307 e. The molecule has 2 N–H and O–H groups in total. The minimum atomic E-state index is 0.185. The standard InChI is InChI=1S/C6H8N2/c1-2-3-4-6(8)5-7/h2-5,7-8H,1H2/b4-3-,7-5?,8-6?. The van der Waals surface area contributed by atoms with Crippen LogP contribution in [-0.4, -0.2) is 11.9 Å². The van der Waals surface area contributed by atoms with Crippen LogP contribution in [-0.2, 0) is 0 Å². The van der Waals surface area contributed by atoms with E-state index >= 15 is 0 Å². The molecule has 2 nitrogen and oxygen atoms in total. The second-order valence-electron chi connectivity index (χ2n) is 1.19. The molecule has 2 heteroatoms. The van der Waals surface area contributed by atoms with Gasteiger partial charge in [-0.25, -0.2) is 0 Å². The molecule has 0 rings (SSSR count). The van der Waals surface area contributed by atoms with Crippen LogP contribution in [0.25, 0.3) is 0 Å². The van der Waals surface area contributed by atoms with Crippen molar-refractivity contribution in [3.63, 3.8) is 0 Å². The van der Waals surface area contributed by atoms with Crippen LogP contribution in [0.1, 0.15) is 0 Å². The summed E-state index contributed by atoms with van der Waals surface area (Å²) in [5.41, 5.74) is 0.185. The Morgan fingerprint density at radius 1 is 1.50 bits per heavy atom. The third kappa shape index (κ3) is 3.03. The third-order valence-corrected chi connectivity index (χ3v) is 0.567. The second kappa shape index (κ2) is 3.99. The molecule has 0 fully saturated rings. The van der Waals surface area contributed by atoms with Gasteiger partial charge in [0.1, 0.15) is 0 Å². The van der Waals surface area contributed by atoms with Gasteiger partial charge >= 0.3 is 0 Å². The molecule has 42 valence electrons.